The van der Waals surface area contributed by atoms with E-state index < -0.39 is 41.1 Å². The molecule has 2 atom stereocenters. The van der Waals surface area contributed by atoms with Crippen LogP contribution in [0.1, 0.15) is 17.3 Å². The molecular formula is C12H12ClF3N2O5. The van der Waals surface area contributed by atoms with Crippen LogP contribution < -0.4 is 15.5 Å². The van der Waals surface area contributed by atoms with Crippen LogP contribution in [0.25, 0.3) is 0 Å². The molecule has 7 nitrogen and oxygen atoms in total. The number of rotatable bonds is 5. The van der Waals surface area contributed by atoms with Crippen LogP contribution in [-0.2, 0) is 4.79 Å². The van der Waals surface area contributed by atoms with Gasteiger partial charge in [0, 0.05) is 5.56 Å². The van der Waals surface area contributed by atoms with Crippen LogP contribution in [0.15, 0.2) is 18.2 Å². The molecule has 0 aromatic heterocycles. The highest BCUT2D eigenvalue weighted by atomic mass is 35.5. The van der Waals surface area contributed by atoms with Gasteiger partial charge in [0.15, 0.2) is 0 Å². The lowest BCUT2D eigenvalue weighted by Gasteiger charge is -2.19. The zero-order valence-corrected chi connectivity index (χ0v) is 12.3. The van der Waals surface area contributed by atoms with Crippen LogP contribution in [0.3, 0.4) is 0 Å². The van der Waals surface area contributed by atoms with Gasteiger partial charge in [0.2, 0.25) is 0 Å². The highest BCUT2D eigenvalue weighted by molar-refractivity contribution is 6.32. The fourth-order valence-corrected chi connectivity index (χ4v) is 1.77. The lowest BCUT2D eigenvalue weighted by atomic mass is 10.1. The molecule has 0 heterocycles. The van der Waals surface area contributed by atoms with Crippen LogP contribution in [-0.4, -0.2) is 40.6 Å². The van der Waals surface area contributed by atoms with Crippen molar-refractivity contribution in [3.63, 3.8) is 0 Å². The zero-order chi connectivity index (χ0) is 17.8. The molecule has 23 heavy (non-hydrogen) atoms. The molecule has 1 unspecified atom stereocenters. The third-order valence-electron chi connectivity index (χ3n) is 2.58. The molecule has 4 N–H and O–H groups in total. The number of hydrogen-bond donors (Lipinski definition) is 4. The number of hydrogen-bond acceptors (Lipinski definition) is 5. The summed E-state index contributed by atoms with van der Waals surface area (Å²) in [5, 5.41) is 19.5. The van der Waals surface area contributed by atoms with E-state index in [2.05, 4.69) is 10.1 Å². The van der Waals surface area contributed by atoms with E-state index >= 15 is 0 Å². The lowest BCUT2D eigenvalue weighted by Crippen LogP contribution is -2.51. The SMILES string of the molecule is C[C@H](O)C(NC(=O)c1ccc(OC(F)(F)F)c(Cl)c1)C(=O)NO. The van der Waals surface area contributed by atoms with E-state index in [4.69, 9.17) is 16.8 Å². The van der Waals surface area contributed by atoms with E-state index in [1.165, 1.54) is 12.4 Å². The summed E-state index contributed by atoms with van der Waals surface area (Å²) in [6, 6.07) is 1.23. The molecule has 0 radical (unpaired) electrons. The predicted octanol–water partition coefficient (Wildman–Crippen LogP) is 1.22. The van der Waals surface area contributed by atoms with Gasteiger partial charge >= 0.3 is 6.36 Å². The van der Waals surface area contributed by atoms with E-state index in [1.54, 1.807) is 0 Å². The molecule has 11 heteroatoms. The van der Waals surface area contributed by atoms with E-state index in [0.29, 0.717) is 0 Å². The minimum atomic E-state index is -4.94. The Morgan fingerprint density at radius 3 is 2.39 bits per heavy atom. The Morgan fingerprint density at radius 1 is 1.35 bits per heavy atom. The van der Waals surface area contributed by atoms with Crippen LogP contribution in [0.4, 0.5) is 13.2 Å². The van der Waals surface area contributed by atoms with Crippen molar-refractivity contribution in [2.45, 2.75) is 25.4 Å². The summed E-state index contributed by atoms with van der Waals surface area (Å²) in [7, 11) is 0. The first-order valence-corrected chi connectivity index (χ1v) is 6.41. The minimum Gasteiger partial charge on any atom is -0.404 e. The van der Waals surface area contributed by atoms with Gasteiger partial charge in [0.05, 0.1) is 11.1 Å². The Hall–Kier alpha value is -2.04. The standard InChI is InChI=1S/C12H12ClF3N2O5/c1-5(19)9(11(21)18-22)17-10(20)6-2-3-8(7(13)4-6)23-12(14,15)16/h2-5,9,19,22H,1H3,(H,17,20)(H,18,21)/t5-,9?/m0/s1. The molecule has 2 amide bonds. The van der Waals surface area contributed by atoms with E-state index in [0.717, 1.165) is 18.2 Å². The second kappa shape index (κ2) is 7.49. The number of alkyl halides is 3. The predicted molar refractivity (Wildman–Crippen MR) is 71.0 cm³/mol. The van der Waals surface area contributed by atoms with Gasteiger partial charge in [-0.25, -0.2) is 5.48 Å². The van der Waals surface area contributed by atoms with Gasteiger partial charge in [-0.3, -0.25) is 14.8 Å². The highest BCUT2D eigenvalue weighted by Crippen LogP contribution is 2.30. The molecule has 0 spiro atoms. The number of benzene rings is 1. The second-order valence-corrected chi connectivity index (χ2v) is 4.77. The van der Waals surface area contributed by atoms with Crippen molar-refractivity contribution in [1.82, 2.24) is 10.8 Å². The third-order valence-corrected chi connectivity index (χ3v) is 2.88. The molecular weight excluding hydrogens is 345 g/mol. The number of nitrogens with one attached hydrogen (secondary N) is 2. The summed E-state index contributed by atoms with van der Waals surface area (Å²) in [6.45, 7) is 1.19. The summed E-state index contributed by atoms with van der Waals surface area (Å²) in [5.74, 6) is -2.67. The molecule has 0 fully saturated rings. The Bertz CT molecular complexity index is 595. The normalized spacial score (nSPS) is 13.9. The maximum absolute atomic E-state index is 12.1. The Kier molecular flexibility index (Phi) is 6.19. The first-order chi connectivity index (χ1) is 10.5. The Morgan fingerprint density at radius 2 is 1.96 bits per heavy atom. The largest absolute Gasteiger partial charge is 0.573 e. The number of aliphatic hydroxyl groups excluding tert-OH is 1. The van der Waals surface area contributed by atoms with Crippen molar-refractivity contribution in [1.29, 1.82) is 0 Å². The molecule has 0 aliphatic carbocycles. The smallest absolute Gasteiger partial charge is 0.404 e. The number of carbonyl (C=O) groups excluding carboxylic acids is 2. The minimum absolute atomic E-state index is 0.180. The van der Waals surface area contributed by atoms with Gasteiger partial charge in [-0.1, -0.05) is 11.6 Å². The van der Waals surface area contributed by atoms with Gasteiger partial charge < -0.3 is 15.2 Å². The quantitative estimate of drug-likeness (QED) is 0.469. The van der Waals surface area contributed by atoms with E-state index in [9.17, 15) is 27.9 Å². The van der Waals surface area contributed by atoms with Crippen molar-refractivity contribution in [3.05, 3.63) is 28.8 Å². The zero-order valence-electron chi connectivity index (χ0n) is 11.5. The average molecular weight is 357 g/mol. The maximum atomic E-state index is 12.1. The molecule has 1 aromatic rings. The van der Waals surface area contributed by atoms with Crippen LogP contribution in [0.5, 0.6) is 5.75 Å². The van der Waals surface area contributed by atoms with Crippen LogP contribution >= 0.6 is 11.6 Å². The van der Waals surface area contributed by atoms with Crippen LogP contribution in [0.2, 0.25) is 5.02 Å². The number of carbonyl (C=O) groups is 2. The maximum Gasteiger partial charge on any atom is 0.573 e. The number of amides is 2. The number of ether oxygens (including phenoxy) is 1. The molecule has 128 valence electrons. The third kappa shape index (κ3) is 5.58. The van der Waals surface area contributed by atoms with Gasteiger partial charge in [0.1, 0.15) is 11.8 Å². The average Bonchev–Trinajstić information content (AvgIpc) is 2.44. The molecule has 0 bridgehead atoms. The van der Waals surface area contributed by atoms with Gasteiger partial charge in [-0.15, -0.1) is 13.2 Å². The Labute approximate surface area is 132 Å². The van der Waals surface area contributed by atoms with E-state index in [-0.39, 0.29) is 5.56 Å². The first-order valence-electron chi connectivity index (χ1n) is 6.03. The van der Waals surface area contributed by atoms with Crippen molar-refractivity contribution in [2.24, 2.45) is 0 Å². The van der Waals surface area contributed by atoms with Crippen LogP contribution in [0, 0.1) is 0 Å². The summed E-state index contributed by atoms with van der Waals surface area (Å²) >= 11 is 5.59. The summed E-state index contributed by atoms with van der Waals surface area (Å²) in [6.07, 6.45) is -6.28. The topological polar surface area (TPSA) is 108 Å². The monoisotopic (exact) mass is 356 g/mol. The summed E-state index contributed by atoms with van der Waals surface area (Å²) in [4.78, 5) is 23.2. The van der Waals surface area contributed by atoms with Crippen molar-refractivity contribution in [2.75, 3.05) is 0 Å². The summed E-state index contributed by atoms with van der Waals surface area (Å²) < 4.78 is 40.0. The fraction of sp³-hybridized carbons (Fsp3) is 0.333. The number of aliphatic hydroxyl groups is 1. The number of halogens is 4. The second-order valence-electron chi connectivity index (χ2n) is 4.36. The lowest BCUT2D eigenvalue weighted by molar-refractivity contribution is -0.274. The van der Waals surface area contributed by atoms with Gasteiger partial charge in [-0.05, 0) is 25.1 Å². The van der Waals surface area contributed by atoms with Crippen molar-refractivity contribution < 1.29 is 37.8 Å². The molecule has 1 aromatic carbocycles. The molecule has 0 saturated carbocycles. The molecule has 0 saturated heterocycles. The Balaban J connectivity index is 2.92. The van der Waals surface area contributed by atoms with Crippen molar-refractivity contribution in [3.8, 4) is 5.75 Å². The number of hydroxylamine groups is 1. The highest BCUT2D eigenvalue weighted by Gasteiger charge is 2.32. The molecule has 0 aliphatic rings. The molecule has 0 aliphatic heterocycles. The molecule has 1 rings (SSSR count). The van der Waals surface area contributed by atoms with E-state index in [1.807, 2.05) is 0 Å². The van der Waals surface area contributed by atoms with Gasteiger partial charge in [0.25, 0.3) is 11.8 Å². The fourth-order valence-electron chi connectivity index (χ4n) is 1.55. The summed E-state index contributed by atoms with van der Waals surface area (Å²) in [5.41, 5.74) is 1.09. The van der Waals surface area contributed by atoms with Gasteiger partial charge in [-0.2, -0.15) is 0 Å². The van der Waals surface area contributed by atoms with Crippen molar-refractivity contribution >= 4 is 23.4 Å². The first kappa shape index (κ1) is 19.0.